The first-order valence-electron chi connectivity index (χ1n) is 4.90. The number of rotatable bonds is 2. The second kappa shape index (κ2) is 4.40. The fourth-order valence-corrected chi connectivity index (χ4v) is 1.01. The van der Waals surface area contributed by atoms with Crippen molar-refractivity contribution in [3.8, 4) is 0 Å². The smallest absolute Gasteiger partial charge is 0.230 e. The lowest BCUT2D eigenvalue weighted by Crippen LogP contribution is -2.28. The Morgan fingerprint density at radius 2 is 2.20 bits per heavy atom. The van der Waals surface area contributed by atoms with Crippen LogP contribution in [0.2, 0.25) is 0 Å². The predicted molar refractivity (Wildman–Crippen MR) is 60.2 cm³/mol. The maximum absolute atomic E-state index is 11.7. The van der Waals surface area contributed by atoms with Crippen LogP contribution in [-0.2, 0) is 11.3 Å². The van der Waals surface area contributed by atoms with Crippen LogP contribution in [0, 0.1) is 5.41 Å². The molecule has 0 spiro atoms. The van der Waals surface area contributed by atoms with Crippen molar-refractivity contribution >= 4 is 11.7 Å². The van der Waals surface area contributed by atoms with Crippen molar-refractivity contribution < 1.29 is 4.79 Å². The molecule has 1 amide bonds. The Morgan fingerprint density at radius 1 is 1.53 bits per heavy atom. The molecule has 82 valence electrons. The molecule has 1 aromatic rings. The van der Waals surface area contributed by atoms with Crippen molar-refractivity contribution in [3.63, 3.8) is 0 Å². The molecular formula is C11H17N3O. The summed E-state index contributed by atoms with van der Waals surface area (Å²) < 4.78 is 0. The number of carbonyl (C=O) groups is 1. The number of anilines is 1. The minimum atomic E-state index is -0.427. The summed E-state index contributed by atoms with van der Waals surface area (Å²) in [6.07, 6.45) is 1.64. The van der Waals surface area contributed by atoms with Gasteiger partial charge in [0.15, 0.2) is 0 Å². The molecule has 0 aliphatic rings. The molecule has 0 atom stereocenters. The summed E-state index contributed by atoms with van der Waals surface area (Å²) in [6.45, 7) is 5.93. The van der Waals surface area contributed by atoms with E-state index in [-0.39, 0.29) is 5.91 Å². The maximum Gasteiger partial charge on any atom is 0.230 e. The number of nitrogens with zero attached hydrogens (tertiary/aromatic N) is 1. The van der Waals surface area contributed by atoms with Crippen molar-refractivity contribution in [2.45, 2.75) is 27.3 Å². The summed E-state index contributed by atoms with van der Waals surface area (Å²) in [5.74, 6) is 0.496. The molecule has 0 bridgehead atoms. The number of nitrogens with one attached hydrogen (secondary N) is 1. The Morgan fingerprint density at radius 3 is 2.73 bits per heavy atom. The Labute approximate surface area is 89.9 Å². The molecule has 1 heterocycles. The summed E-state index contributed by atoms with van der Waals surface area (Å²) in [4.78, 5) is 15.8. The number of nitrogens with two attached hydrogens (primary N) is 1. The molecule has 1 rings (SSSR count). The van der Waals surface area contributed by atoms with E-state index >= 15 is 0 Å². The first kappa shape index (κ1) is 11.7. The van der Waals surface area contributed by atoms with E-state index in [1.807, 2.05) is 26.8 Å². The van der Waals surface area contributed by atoms with E-state index in [4.69, 9.17) is 5.73 Å². The van der Waals surface area contributed by atoms with Crippen LogP contribution in [0.4, 0.5) is 5.82 Å². The van der Waals surface area contributed by atoms with E-state index in [0.717, 1.165) is 5.56 Å². The highest BCUT2D eigenvalue weighted by atomic mass is 16.2. The molecule has 0 radical (unpaired) electrons. The van der Waals surface area contributed by atoms with Crippen LogP contribution >= 0.6 is 0 Å². The second-order valence-corrected chi connectivity index (χ2v) is 4.42. The van der Waals surface area contributed by atoms with Gasteiger partial charge in [0.2, 0.25) is 5.91 Å². The van der Waals surface area contributed by atoms with Gasteiger partial charge in [-0.25, -0.2) is 4.98 Å². The Kier molecular flexibility index (Phi) is 3.42. The molecule has 0 aliphatic carbocycles. The van der Waals surface area contributed by atoms with Crippen LogP contribution in [0.15, 0.2) is 18.3 Å². The number of pyridine rings is 1. The van der Waals surface area contributed by atoms with Gasteiger partial charge in [0.1, 0.15) is 5.82 Å². The molecule has 4 nitrogen and oxygen atoms in total. The van der Waals surface area contributed by atoms with Crippen molar-refractivity contribution in [3.05, 3.63) is 23.9 Å². The molecule has 3 N–H and O–H groups in total. The first-order chi connectivity index (χ1) is 6.95. The molecule has 1 aromatic heterocycles. The van der Waals surface area contributed by atoms with Crippen molar-refractivity contribution in [2.75, 3.05) is 5.32 Å². The van der Waals surface area contributed by atoms with Gasteiger partial charge < -0.3 is 11.1 Å². The van der Waals surface area contributed by atoms with E-state index < -0.39 is 5.41 Å². The number of amides is 1. The molecule has 0 saturated carbocycles. The van der Waals surface area contributed by atoms with Gasteiger partial charge in [0.05, 0.1) is 0 Å². The SMILES string of the molecule is CC(C)(C)C(=O)Nc1ncccc1CN. The van der Waals surface area contributed by atoms with Gasteiger partial charge in [-0.3, -0.25) is 4.79 Å². The van der Waals surface area contributed by atoms with Gasteiger partial charge in [0.25, 0.3) is 0 Å². The lowest BCUT2D eigenvalue weighted by atomic mass is 9.95. The normalized spacial score (nSPS) is 11.2. The zero-order valence-corrected chi connectivity index (χ0v) is 9.37. The largest absolute Gasteiger partial charge is 0.326 e. The highest BCUT2D eigenvalue weighted by Crippen LogP contribution is 2.18. The van der Waals surface area contributed by atoms with Crippen molar-refractivity contribution in [1.29, 1.82) is 0 Å². The first-order valence-corrected chi connectivity index (χ1v) is 4.90. The molecular weight excluding hydrogens is 190 g/mol. The number of hydrogen-bond acceptors (Lipinski definition) is 3. The summed E-state index contributed by atoms with van der Waals surface area (Å²) in [5.41, 5.74) is 5.96. The van der Waals surface area contributed by atoms with E-state index in [1.54, 1.807) is 12.3 Å². The van der Waals surface area contributed by atoms with Gasteiger partial charge in [-0.1, -0.05) is 26.8 Å². The quantitative estimate of drug-likeness (QED) is 0.772. The van der Waals surface area contributed by atoms with Crippen molar-refractivity contribution in [2.24, 2.45) is 11.1 Å². The predicted octanol–water partition coefficient (Wildman–Crippen LogP) is 1.52. The molecule has 4 heteroatoms. The summed E-state index contributed by atoms with van der Waals surface area (Å²) >= 11 is 0. The topological polar surface area (TPSA) is 68.0 Å². The third kappa shape index (κ3) is 3.02. The van der Waals surface area contributed by atoms with Gasteiger partial charge in [0, 0.05) is 23.7 Å². The van der Waals surface area contributed by atoms with Crippen LogP contribution in [0.3, 0.4) is 0 Å². The fourth-order valence-electron chi connectivity index (χ4n) is 1.01. The zero-order chi connectivity index (χ0) is 11.5. The number of hydrogen-bond donors (Lipinski definition) is 2. The monoisotopic (exact) mass is 207 g/mol. The minimum Gasteiger partial charge on any atom is -0.326 e. The Hall–Kier alpha value is -1.42. The molecule has 0 aliphatic heterocycles. The lowest BCUT2D eigenvalue weighted by molar-refractivity contribution is -0.123. The van der Waals surface area contributed by atoms with Gasteiger partial charge >= 0.3 is 0 Å². The summed E-state index contributed by atoms with van der Waals surface area (Å²) in [5, 5.41) is 2.77. The summed E-state index contributed by atoms with van der Waals surface area (Å²) in [6, 6.07) is 3.65. The van der Waals surface area contributed by atoms with Crippen LogP contribution in [0.25, 0.3) is 0 Å². The number of carbonyl (C=O) groups excluding carboxylic acids is 1. The van der Waals surface area contributed by atoms with Gasteiger partial charge in [-0.15, -0.1) is 0 Å². The van der Waals surface area contributed by atoms with Crippen LogP contribution < -0.4 is 11.1 Å². The fraction of sp³-hybridized carbons (Fsp3) is 0.455. The van der Waals surface area contributed by atoms with E-state index in [0.29, 0.717) is 12.4 Å². The van der Waals surface area contributed by atoms with Gasteiger partial charge in [-0.2, -0.15) is 0 Å². The average molecular weight is 207 g/mol. The van der Waals surface area contributed by atoms with Crippen molar-refractivity contribution in [1.82, 2.24) is 4.98 Å². The molecule has 0 unspecified atom stereocenters. The second-order valence-electron chi connectivity index (χ2n) is 4.42. The third-order valence-electron chi connectivity index (χ3n) is 2.02. The zero-order valence-electron chi connectivity index (χ0n) is 9.37. The van der Waals surface area contributed by atoms with Gasteiger partial charge in [-0.05, 0) is 6.07 Å². The highest BCUT2D eigenvalue weighted by molar-refractivity contribution is 5.94. The third-order valence-corrected chi connectivity index (χ3v) is 2.02. The number of aromatic nitrogens is 1. The molecule has 0 fully saturated rings. The highest BCUT2D eigenvalue weighted by Gasteiger charge is 2.22. The van der Waals surface area contributed by atoms with E-state index in [1.165, 1.54) is 0 Å². The van der Waals surface area contributed by atoms with Crippen LogP contribution in [0.1, 0.15) is 26.3 Å². The average Bonchev–Trinajstić information content (AvgIpc) is 2.17. The van der Waals surface area contributed by atoms with Crippen LogP contribution in [0.5, 0.6) is 0 Å². The maximum atomic E-state index is 11.7. The summed E-state index contributed by atoms with van der Waals surface area (Å²) in [7, 11) is 0. The van der Waals surface area contributed by atoms with E-state index in [9.17, 15) is 4.79 Å². The standard InChI is InChI=1S/C11H17N3O/c1-11(2,3)10(15)14-9-8(7-12)5-4-6-13-9/h4-6H,7,12H2,1-3H3,(H,13,14,15). The van der Waals surface area contributed by atoms with E-state index in [2.05, 4.69) is 10.3 Å². The Bertz CT molecular complexity index is 355. The van der Waals surface area contributed by atoms with Crippen LogP contribution in [-0.4, -0.2) is 10.9 Å². The molecule has 0 aromatic carbocycles. The molecule has 0 saturated heterocycles. The minimum absolute atomic E-state index is 0.0594. The Balaban J connectivity index is 2.85. The molecule has 15 heavy (non-hydrogen) atoms. The lowest BCUT2D eigenvalue weighted by Gasteiger charge is -2.18.